The van der Waals surface area contributed by atoms with E-state index in [1.807, 2.05) is 0 Å². The van der Waals surface area contributed by atoms with E-state index in [4.69, 9.17) is 0 Å². The number of halogens is 1. The molecule has 2 heteroatoms. The summed E-state index contributed by atoms with van der Waals surface area (Å²) in [6, 6.07) is 8.94. The molecule has 1 aromatic carbocycles. The van der Waals surface area contributed by atoms with Crippen LogP contribution in [0.5, 0.6) is 0 Å². The average Bonchev–Trinajstić information content (AvgIpc) is 2.29. The molecule has 0 aliphatic heterocycles. The predicted molar refractivity (Wildman–Crippen MR) is 89.0 cm³/mol. The van der Waals surface area contributed by atoms with E-state index in [1.54, 1.807) is 0 Å². The summed E-state index contributed by atoms with van der Waals surface area (Å²) < 4.78 is 1.31. The maximum atomic E-state index is 3.57. The summed E-state index contributed by atoms with van der Waals surface area (Å²) in [6.45, 7) is 11.5. The maximum absolute atomic E-state index is 3.57. The van der Waals surface area contributed by atoms with Crippen LogP contribution in [0.2, 0.25) is 0 Å². The van der Waals surface area contributed by atoms with Crippen LogP contribution in [0.15, 0.2) is 24.3 Å². The molecule has 1 aromatic rings. The third kappa shape index (κ3) is 5.70. The fourth-order valence-electron chi connectivity index (χ4n) is 2.04. The van der Waals surface area contributed by atoms with Gasteiger partial charge in [-0.2, -0.15) is 0 Å². The van der Waals surface area contributed by atoms with E-state index in [9.17, 15) is 0 Å². The lowest BCUT2D eigenvalue weighted by molar-refractivity contribution is 0.231. The van der Waals surface area contributed by atoms with Gasteiger partial charge in [-0.15, -0.1) is 0 Å². The van der Waals surface area contributed by atoms with Gasteiger partial charge in [0.2, 0.25) is 0 Å². The summed E-state index contributed by atoms with van der Waals surface area (Å²) in [7, 11) is 0. The van der Waals surface area contributed by atoms with E-state index >= 15 is 0 Å². The lowest BCUT2D eigenvalue weighted by Crippen LogP contribution is -2.33. The summed E-state index contributed by atoms with van der Waals surface area (Å²) in [6.07, 6.45) is 2.37. The summed E-state index contributed by atoms with van der Waals surface area (Å²) >= 11 is 2.36. The fraction of sp³-hybridized carbons (Fsp3) is 0.625. The van der Waals surface area contributed by atoms with E-state index in [-0.39, 0.29) is 0 Å². The molecule has 0 aliphatic rings. The van der Waals surface area contributed by atoms with Gasteiger partial charge in [-0.05, 0) is 77.6 Å². The van der Waals surface area contributed by atoms with Gasteiger partial charge in [-0.1, -0.05) is 39.8 Å². The monoisotopic (exact) mass is 359 g/mol. The van der Waals surface area contributed by atoms with E-state index in [1.165, 1.54) is 15.6 Å². The summed E-state index contributed by atoms with van der Waals surface area (Å²) in [4.78, 5) is 0. The number of hydrogen-bond donors (Lipinski definition) is 1. The Hall–Kier alpha value is -0.0900. The van der Waals surface area contributed by atoms with Gasteiger partial charge in [-0.25, -0.2) is 0 Å². The first-order valence-electron chi connectivity index (χ1n) is 6.88. The molecule has 0 aliphatic carbocycles. The molecule has 0 heterocycles. The third-order valence-electron chi connectivity index (χ3n) is 3.44. The minimum Gasteiger partial charge on any atom is -0.316 e. The molecule has 1 N–H and O–H groups in total. The zero-order chi connectivity index (χ0) is 13.6. The van der Waals surface area contributed by atoms with Crippen LogP contribution in [-0.2, 0) is 6.42 Å². The van der Waals surface area contributed by atoms with Crippen molar-refractivity contribution in [3.63, 3.8) is 0 Å². The Morgan fingerprint density at radius 2 is 1.78 bits per heavy atom. The van der Waals surface area contributed by atoms with Crippen LogP contribution in [0.4, 0.5) is 0 Å². The van der Waals surface area contributed by atoms with Crippen molar-refractivity contribution < 1.29 is 0 Å². The fourth-order valence-corrected chi connectivity index (χ4v) is 2.40. The first-order valence-corrected chi connectivity index (χ1v) is 7.96. The Bertz CT molecular complexity index is 337. The van der Waals surface area contributed by atoms with Crippen molar-refractivity contribution >= 4 is 22.6 Å². The second kappa shape index (κ2) is 7.49. The maximum Gasteiger partial charge on any atom is 0.0130 e. The third-order valence-corrected chi connectivity index (χ3v) is 4.16. The van der Waals surface area contributed by atoms with Gasteiger partial charge in [0.1, 0.15) is 0 Å². The minimum atomic E-state index is 0.351. The van der Waals surface area contributed by atoms with Gasteiger partial charge in [0.15, 0.2) is 0 Å². The Labute approximate surface area is 126 Å². The van der Waals surface area contributed by atoms with Crippen molar-refractivity contribution in [1.82, 2.24) is 5.32 Å². The van der Waals surface area contributed by atoms with Crippen molar-refractivity contribution in [2.45, 2.75) is 40.5 Å². The van der Waals surface area contributed by atoms with E-state index in [2.05, 4.69) is 79.9 Å². The molecule has 1 rings (SSSR count). The van der Waals surface area contributed by atoms with E-state index in [0.29, 0.717) is 11.3 Å². The van der Waals surface area contributed by atoms with Gasteiger partial charge >= 0.3 is 0 Å². The zero-order valence-electron chi connectivity index (χ0n) is 12.1. The van der Waals surface area contributed by atoms with Crippen LogP contribution in [0.25, 0.3) is 0 Å². The lowest BCUT2D eigenvalue weighted by atomic mass is 9.77. The molecule has 0 saturated heterocycles. The Kier molecular flexibility index (Phi) is 6.64. The Balaban J connectivity index is 2.63. The van der Waals surface area contributed by atoms with Gasteiger partial charge < -0.3 is 5.32 Å². The lowest BCUT2D eigenvalue weighted by Gasteiger charge is -2.31. The summed E-state index contributed by atoms with van der Waals surface area (Å²) in [5.41, 5.74) is 1.80. The molecule has 0 aromatic heterocycles. The van der Waals surface area contributed by atoms with Crippen LogP contribution in [0.1, 0.15) is 39.7 Å². The topological polar surface area (TPSA) is 12.0 Å². The van der Waals surface area contributed by atoms with Gasteiger partial charge in [0, 0.05) is 3.57 Å². The molecule has 0 amide bonds. The van der Waals surface area contributed by atoms with Gasteiger partial charge in [-0.3, -0.25) is 0 Å². The van der Waals surface area contributed by atoms with E-state index in [0.717, 1.165) is 19.5 Å². The first kappa shape index (κ1) is 16.0. The highest BCUT2D eigenvalue weighted by molar-refractivity contribution is 14.1. The number of nitrogens with one attached hydrogen (secondary N) is 1. The van der Waals surface area contributed by atoms with Crippen molar-refractivity contribution in [1.29, 1.82) is 0 Å². The van der Waals surface area contributed by atoms with Crippen LogP contribution in [0, 0.1) is 14.9 Å². The average molecular weight is 359 g/mol. The molecule has 1 atom stereocenters. The standard InChI is InChI=1S/C16H26IN/c1-5-10-18-12-14(16(2,3)4)11-13-6-8-15(17)9-7-13/h6-9,14,18H,5,10-12H2,1-4H3. The molecule has 0 saturated carbocycles. The molecular weight excluding hydrogens is 333 g/mol. The highest BCUT2D eigenvalue weighted by Crippen LogP contribution is 2.28. The van der Waals surface area contributed by atoms with Crippen LogP contribution in [0.3, 0.4) is 0 Å². The SMILES string of the molecule is CCCNCC(Cc1ccc(I)cc1)C(C)(C)C. The van der Waals surface area contributed by atoms with Gasteiger partial charge in [0.25, 0.3) is 0 Å². The summed E-state index contributed by atoms with van der Waals surface area (Å²) in [5, 5.41) is 3.57. The van der Waals surface area contributed by atoms with Crippen LogP contribution >= 0.6 is 22.6 Å². The van der Waals surface area contributed by atoms with Crippen molar-refractivity contribution in [3.05, 3.63) is 33.4 Å². The molecule has 1 unspecified atom stereocenters. The van der Waals surface area contributed by atoms with Crippen LogP contribution < -0.4 is 5.32 Å². The highest BCUT2D eigenvalue weighted by Gasteiger charge is 2.24. The minimum absolute atomic E-state index is 0.351. The second-order valence-corrected chi connectivity index (χ2v) is 7.34. The molecule has 18 heavy (non-hydrogen) atoms. The number of benzene rings is 1. The largest absolute Gasteiger partial charge is 0.316 e. The molecular formula is C16H26IN. The van der Waals surface area contributed by atoms with Crippen molar-refractivity contribution in [3.8, 4) is 0 Å². The molecule has 0 radical (unpaired) electrons. The second-order valence-electron chi connectivity index (χ2n) is 6.10. The quantitative estimate of drug-likeness (QED) is 0.583. The first-order chi connectivity index (χ1) is 8.43. The molecule has 1 nitrogen and oxygen atoms in total. The molecule has 0 fully saturated rings. The molecule has 102 valence electrons. The van der Waals surface area contributed by atoms with Gasteiger partial charge in [0.05, 0.1) is 0 Å². The summed E-state index contributed by atoms with van der Waals surface area (Å²) in [5.74, 6) is 0.684. The Morgan fingerprint density at radius 1 is 1.17 bits per heavy atom. The number of hydrogen-bond acceptors (Lipinski definition) is 1. The highest BCUT2D eigenvalue weighted by atomic mass is 127. The Morgan fingerprint density at radius 3 is 2.28 bits per heavy atom. The normalized spacial score (nSPS) is 13.6. The van der Waals surface area contributed by atoms with Crippen molar-refractivity contribution in [2.75, 3.05) is 13.1 Å². The molecule has 0 bridgehead atoms. The van der Waals surface area contributed by atoms with E-state index < -0.39 is 0 Å². The van der Waals surface area contributed by atoms with Crippen molar-refractivity contribution in [2.24, 2.45) is 11.3 Å². The molecule has 0 spiro atoms. The number of rotatable bonds is 6. The predicted octanol–water partition coefficient (Wildman–Crippen LogP) is 4.50. The van der Waals surface area contributed by atoms with Crippen LogP contribution in [-0.4, -0.2) is 13.1 Å². The smallest absolute Gasteiger partial charge is 0.0130 e. The zero-order valence-corrected chi connectivity index (χ0v) is 14.3.